The molecule has 5 heteroatoms. The summed E-state index contributed by atoms with van der Waals surface area (Å²) in [5, 5.41) is 7.45. The van der Waals surface area contributed by atoms with Crippen molar-refractivity contribution in [3.8, 4) is 11.5 Å². The van der Waals surface area contributed by atoms with E-state index in [0.29, 0.717) is 30.3 Å². The zero-order valence-corrected chi connectivity index (χ0v) is 11.1. The molecule has 3 N–H and O–H groups in total. The van der Waals surface area contributed by atoms with Crippen LogP contribution in [0.2, 0.25) is 0 Å². The fourth-order valence-electron chi connectivity index (χ4n) is 2.02. The van der Waals surface area contributed by atoms with Crippen molar-refractivity contribution < 1.29 is 14.2 Å². The lowest BCUT2D eigenvalue weighted by Crippen LogP contribution is -2.28. The molecule has 1 aromatic rings. The van der Waals surface area contributed by atoms with E-state index in [1.165, 1.54) is 0 Å². The molecule has 1 fully saturated rings. The van der Waals surface area contributed by atoms with Crippen LogP contribution in [0.4, 0.5) is 0 Å². The highest BCUT2D eigenvalue weighted by molar-refractivity contribution is 5.95. The molecule has 104 valence electrons. The van der Waals surface area contributed by atoms with Crippen LogP contribution < -0.4 is 15.2 Å². The number of hydrogen-bond donors (Lipinski definition) is 2. The predicted molar refractivity (Wildman–Crippen MR) is 73.1 cm³/mol. The lowest BCUT2D eigenvalue weighted by atomic mass is 10.1. The van der Waals surface area contributed by atoms with Gasteiger partial charge < -0.3 is 19.9 Å². The molecule has 0 saturated carbocycles. The molecule has 1 unspecified atom stereocenters. The van der Waals surface area contributed by atoms with Gasteiger partial charge in [0.2, 0.25) is 0 Å². The third-order valence-corrected chi connectivity index (χ3v) is 2.97. The molecule has 0 spiro atoms. The second kappa shape index (κ2) is 6.43. The minimum absolute atomic E-state index is 0.0218. The Kier molecular flexibility index (Phi) is 4.63. The zero-order valence-electron chi connectivity index (χ0n) is 11.1. The third-order valence-electron chi connectivity index (χ3n) is 2.97. The maximum Gasteiger partial charge on any atom is 0.161 e. The second-order valence-corrected chi connectivity index (χ2v) is 4.47. The van der Waals surface area contributed by atoms with Crippen LogP contribution in [0, 0.1) is 5.41 Å². The summed E-state index contributed by atoms with van der Waals surface area (Å²) in [4.78, 5) is 0. The Morgan fingerprint density at radius 2 is 2.32 bits per heavy atom. The van der Waals surface area contributed by atoms with E-state index in [1.807, 2.05) is 6.92 Å². The van der Waals surface area contributed by atoms with Crippen LogP contribution in [-0.2, 0) is 4.74 Å². The Balaban J connectivity index is 2.15. The number of nitrogens with one attached hydrogen (secondary N) is 1. The van der Waals surface area contributed by atoms with E-state index in [1.54, 1.807) is 18.2 Å². The molecule has 1 aliphatic rings. The van der Waals surface area contributed by atoms with Gasteiger partial charge in [-0.25, -0.2) is 0 Å². The summed E-state index contributed by atoms with van der Waals surface area (Å²) in [6.07, 6.45) is 2.07. The SMILES string of the molecule is CCOc1cc(C(=N)N)ccc1OC1CCCOC1. The quantitative estimate of drug-likeness (QED) is 0.629. The van der Waals surface area contributed by atoms with Crippen molar-refractivity contribution in [1.29, 1.82) is 5.41 Å². The van der Waals surface area contributed by atoms with Crippen LogP contribution in [0.3, 0.4) is 0 Å². The monoisotopic (exact) mass is 264 g/mol. The van der Waals surface area contributed by atoms with Gasteiger partial charge in [0.1, 0.15) is 11.9 Å². The molecule has 1 saturated heterocycles. The van der Waals surface area contributed by atoms with Gasteiger partial charge in [-0.15, -0.1) is 0 Å². The fourth-order valence-corrected chi connectivity index (χ4v) is 2.02. The van der Waals surface area contributed by atoms with Crippen LogP contribution in [-0.4, -0.2) is 31.8 Å². The summed E-state index contributed by atoms with van der Waals surface area (Å²) in [5.41, 5.74) is 6.11. The van der Waals surface area contributed by atoms with Crippen molar-refractivity contribution in [3.63, 3.8) is 0 Å². The van der Waals surface area contributed by atoms with Crippen molar-refractivity contribution in [2.75, 3.05) is 19.8 Å². The first-order valence-corrected chi connectivity index (χ1v) is 6.56. The molecule has 19 heavy (non-hydrogen) atoms. The Hall–Kier alpha value is -1.75. The smallest absolute Gasteiger partial charge is 0.161 e. The van der Waals surface area contributed by atoms with Crippen molar-refractivity contribution in [3.05, 3.63) is 23.8 Å². The summed E-state index contributed by atoms with van der Waals surface area (Å²) in [6.45, 7) is 3.87. The number of benzene rings is 1. The summed E-state index contributed by atoms with van der Waals surface area (Å²) < 4.78 is 16.9. The molecule has 0 radical (unpaired) electrons. The van der Waals surface area contributed by atoms with E-state index in [0.717, 1.165) is 19.4 Å². The van der Waals surface area contributed by atoms with Crippen molar-refractivity contribution in [2.45, 2.75) is 25.9 Å². The van der Waals surface area contributed by atoms with Gasteiger partial charge in [-0.2, -0.15) is 0 Å². The van der Waals surface area contributed by atoms with E-state index in [9.17, 15) is 0 Å². The number of nitrogens with two attached hydrogens (primary N) is 1. The Morgan fingerprint density at radius 3 is 2.95 bits per heavy atom. The van der Waals surface area contributed by atoms with Crippen molar-refractivity contribution >= 4 is 5.84 Å². The van der Waals surface area contributed by atoms with Crippen LogP contribution in [0.5, 0.6) is 11.5 Å². The van der Waals surface area contributed by atoms with Crippen LogP contribution >= 0.6 is 0 Å². The minimum atomic E-state index is 0.0218. The highest BCUT2D eigenvalue weighted by atomic mass is 16.6. The normalized spacial score (nSPS) is 18.9. The Labute approximate surface area is 113 Å². The van der Waals surface area contributed by atoms with E-state index in [-0.39, 0.29) is 11.9 Å². The van der Waals surface area contributed by atoms with Gasteiger partial charge in [0.25, 0.3) is 0 Å². The zero-order chi connectivity index (χ0) is 13.7. The first-order chi connectivity index (χ1) is 9.20. The molecule has 1 atom stereocenters. The summed E-state index contributed by atoms with van der Waals surface area (Å²) >= 11 is 0. The first kappa shape index (κ1) is 13.7. The minimum Gasteiger partial charge on any atom is -0.490 e. The van der Waals surface area contributed by atoms with Crippen LogP contribution in [0.25, 0.3) is 0 Å². The number of ether oxygens (including phenoxy) is 3. The van der Waals surface area contributed by atoms with Crippen molar-refractivity contribution in [1.82, 2.24) is 0 Å². The van der Waals surface area contributed by atoms with Gasteiger partial charge in [-0.05, 0) is 38.0 Å². The second-order valence-electron chi connectivity index (χ2n) is 4.47. The maximum absolute atomic E-state index is 7.45. The van der Waals surface area contributed by atoms with Gasteiger partial charge in [-0.1, -0.05) is 0 Å². The third kappa shape index (κ3) is 3.61. The summed E-state index contributed by atoms with van der Waals surface area (Å²) in [7, 11) is 0. The number of hydrogen-bond acceptors (Lipinski definition) is 4. The molecule has 0 aromatic heterocycles. The Morgan fingerprint density at radius 1 is 1.47 bits per heavy atom. The van der Waals surface area contributed by atoms with Crippen LogP contribution in [0.15, 0.2) is 18.2 Å². The molecule has 2 rings (SSSR count). The van der Waals surface area contributed by atoms with Gasteiger partial charge in [-0.3, -0.25) is 5.41 Å². The predicted octanol–water partition coefficient (Wildman–Crippen LogP) is 1.93. The molecule has 0 aliphatic carbocycles. The fraction of sp³-hybridized carbons (Fsp3) is 0.500. The highest BCUT2D eigenvalue weighted by Crippen LogP contribution is 2.30. The van der Waals surface area contributed by atoms with E-state index >= 15 is 0 Å². The Bertz CT molecular complexity index is 442. The van der Waals surface area contributed by atoms with E-state index in [2.05, 4.69) is 0 Å². The standard InChI is InChI=1S/C14H20N2O3/c1-2-18-13-8-10(14(15)16)5-6-12(13)19-11-4-3-7-17-9-11/h5-6,8,11H,2-4,7,9H2,1H3,(H3,15,16). The van der Waals surface area contributed by atoms with Gasteiger partial charge in [0.15, 0.2) is 11.5 Å². The van der Waals surface area contributed by atoms with Crippen molar-refractivity contribution in [2.24, 2.45) is 5.73 Å². The van der Waals surface area contributed by atoms with Gasteiger partial charge in [0, 0.05) is 12.2 Å². The lowest BCUT2D eigenvalue weighted by Gasteiger charge is -2.24. The molecule has 0 bridgehead atoms. The molecular weight excluding hydrogens is 244 g/mol. The molecule has 1 aromatic carbocycles. The molecule has 5 nitrogen and oxygen atoms in total. The average molecular weight is 264 g/mol. The molecule has 1 heterocycles. The van der Waals surface area contributed by atoms with Gasteiger partial charge >= 0.3 is 0 Å². The maximum atomic E-state index is 7.45. The summed E-state index contributed by atoms with van der Waals surface area (Å²) in [6, 6.07) is 5.31. The highest BCUT2D eigenvalue weighted by Gasteiger charge is 2.18. The van der Waals surface area contributed by atoms with Gasteiger partial charge in [0.05, 0.1) is 13.2 Å². The largest absolute Gasteiger partial charge is 0.490 e. The number of nitrogen functional groups attached to an aromatic ring is 1. The van der Waals surface area contributed by atoms with Crippen LogP contribution in [0.1, 0.15) is 25.3 Å². The molecular formula is C14H20N2O3. The molecule has 0 amide bonds. The number of amidine groups is 1. The van der Waals surface area contributed by atoms with E-state index in [4.69, 9.17) is 25.4 Å². The average Bonchev–Trinajstić information content (AvgIpc) is 2.42. The topological polar surface area (TPSA) is 77.6 Å². The lowest BCUT2D eigenvalue weighted by molar-refractivity contribution is 0.00625. The number of rotatable bonds is 5. The molecule has 1 aliphatic heterocycles. The summed E-state index contributed by atoms with van der Waals surface area (Å²) in [5.74, 6) is 1.33. The van der Waals surface area contributed by atoms with E-state index < -0.39 is 0 Å². The first-order valence-electron chi connectivity index (χ1n) is 6.56.